The highest BCUT2D eigenvalue weighted by molar-refractivity contribution is 9.11. The van der Waals surface area contributed by atoms with Crippen LogP contribution in [0.15, 0.2) is 41.6 Å². The molecular formula is C19H22Br2N2O4SSi. The van der Waals surface area contributed by atoms with E-state index >= 15 is 0 Å². The second-order valence-electron chi connectivity index (χ2n) is 7.77. The summed E-state index contributed by atoms with van der Waals surface area (Å²) in [7, 11) is -2.13. The normalized spacial score (nSPS) is 24.0. The molecule has 1 aromatic rings. The second-order valence-corrected chi connectivity index (χ2v) is 15.5. The number of hydrogen-bond donors (Lipinski definition) is 1. The van der Waals surface area contributed by atoms with Gasteiger partial charge in [-0.3, -0.25) is 14.5 Å². The van der Waals surface area contributed by atoms with E-state index in [1.807, 2.05) is 50.0 Å². The van der Waals surface area contributed by atoms with Gasteiger partial charge in [-0.1, -0.05) is 62.2 Å². The summed E-state index contributed by atoms with van der Waals surface area (Å²) in [5.41, 5.74) is 1.93. The maximum Gasteiger partial charge on any atom is 0.341 e. The zero-order chi connectivity index (χ0) is 21.3. The van der Waals surface area contributed by atoms with E-state index in [2.05, 4.69) is 37.2 Å². The lowest BCUT2D eigenvalue weighted by molar-refractivity contribution is -0.150. The number of hydrogen-bond acceptors (Lipinski definition) is 5. The summed E-state index contributed by atoms with van der Waals surface area (Å²) in [6.07, 6.45) is 0.201. The summed E-state index contributed by atoms with van der Waals surface area (Å²) < 4.78 is 5.51. The van der Waals surface area contributed by atoms with E-state index in [4.69, 9.17) is 4.43 Å². The van der Waals surface area contributed by atoms with Crippen LogP contribution in [0.2, 0.25) is 19.6 Å². The molecular weight excluding hydrogens is 540 g/mol. The Balaban J connectivity index is 1.77. The van der Waals surface area contributed by atoms with E-state index < -0.39 is 20.3 Å². The summed E-state index contributed by atoms with van der Waals surface area (Å²) in [5, 5.41) is 2.91. The van der Waals surface area contributed by atoms with Crippen LogP contribution in [0.3, 0.4) is 0 Å². The van der Waals surface area contributed by atoms with Crippen LogP contribution in [-0.2, 0) is 25.2 Å². The van der Waals surface area contributed by atoms with Gasteiger partial charge in [0, 0.05) is 5.33 Å². The number of carbonyl (C=O) groups is 3. The first kappa shape index (κ1) is 22.6. The fraction of sp³-hybridized carbons (Fsp3) is 0.421. The minimum Gasteiger partial charge on any atom is -0.515 e. The number of nitrogens with zero attached hydrogens (tertiary/aromatic N) is 1. The number of thioether (sulfide) groups is 1. The highest BCUT2D eigenvalue weighted by atomic mass is 79.9. The predicted molar refractivity (Wildman–Crippen MR) is 123 cm³/mol. The molecule has 0 spiro atoms. The van der Waals surface area contributed by atoms with Gasteiger partial charge in [-0.2, -0.15) is 0 Å². The molecule has 156 valence electrons. The smallest absolute Gasteiger partial charge is 0.341 e. The van der Waals surface area contributed by atoms with Crippen LogP contribution in [0.5, 0.6) is 0 Å². The van der Waals surface area contributed by atoms with E-state index in [9.17, 15) is 14.4 Å². The molecule has 0 bridgehead atoms. The van der Waals surface area contributed by atoms with Crippen molar-refractivity contribution in [1.29, 1.82) is 0 Å². The van der Waals surface area contributed by atoms with Crippen LogP contribution >= 0.6 is 43.6 Å². The van der Waals surface area contributed by atoms with Gasteiger partial charge < -0.3 is 9.74 Å². The molecule has 10 heteroatoms. The molecule has 2 amide bonds. The van der Waals surface area contributed by atoms with Crippen molar-refractivity contribution < 1.29 is 18.8 Å². The van der Waals surface area contributed by atoms with Gasteiger partial charge in [0.25, 0.3) is 5.91 Å². The third-order valence-corrected chi connectivity index (χ3v) is 8.27. The van der Waals surface area contributed by atoms with E-state index in [0.717, 1.165) is 11.1 Å². The lowest BCUT2D eigenvalue weighted by Crippen LogP contribution is -2.71. The largest absolute Gasteiger partial charge is 0.515 e. The molecule has 1 unspecified atom stereocenters. The molecule has 2 heterocycles. The second kappa shape index (κ2) is 8.95. The van der Waals surface area contributed by atoms with Gasteiger partial charge >= 0.3 is 5.97 Å². The number of amides is 2. The Morgan fingerprint density at radius 1 is 1.24 bits per heavy atom. The van der Waals surface area contributed by atoms with Gasteiger partial charge in [-0.25, -0.2) is 4.79 Å². The third-order valence-electron chi connectivity index (χ3n) is 4.38. The lowest BCUT2D eigenvalue weighted by atomic mass is 10.0. The Kier molecular flexibility index (Phi) is 6.97. The van der Waals surface area contributed by atoms with Crippen molar-refractivity contribution >= 4 is 69.7 Å². The van der Waals surface area contributed by atoms with E-state index in [1.165, 1.54) is 16.7 Å². The Bertz CT molecular complexity index is 860. The van der Waals surface area contributed by atoms with Gasteiger partial charge in [0.1, 0.15) is 17.1 Å². The maximum absolute atomic E-state index is 12.9. The standard InChI is InChI=1S/C19H22Br2N2O4SSi/c1-29(2,3)27-19(26)15-12(10-20)16(21)28-18-14(17(25)23(15)18)22-13(24)9-11-7-5-4-6-8-11/h4-8,14,16,18H,9-10H2,1-3H3,(H,22,24)/t14-,16?,18+/m1/s1. The molecule has 29 heavy (non-hydrogen) atoms. The first-order chi connectivity index (χ1) is 13.6. The Morgan fingerprint density at radius 3 is 2.48 bits per heavy atom. The van der Waals surface area contributed by atoms with Gasteiger partial charge in [0.15, 0.2) is 0 Å². The number of halogens is 2. The molecule has 0 radical (unpaired) electrons. The zero-order valence-electron chi connectivity index (χ0n) is 16.3. The monoisotopic (exact) mass is 560 g/mol. The van der Waals surface area contributed by atoms with E-state index in [1.54, 1.807) is 0 Å². The van der Waals surface area contributed by atoms with E-state index in [0.29, 0.717) is 5.33 Å². The molecule has 0 saturated carbocycles. The van der Waals surface area contributed by atoms with Gasteiger partial charge in [0.2, 0.25) is 14.2 Å². The van der Waals surface area contributed by atoms with Crippen LogP contribution in [0.25, 0.3) is 0 Å². The van der Waals surface area contributed by atoms with Crippen LogP contribution in [0.4, 0.5) is 0 Å². The highest BCUT2D eigenvalue weighted by Crippen LogP contribution is 2.47. The van der Waals surface area contributed by atoms with Gasteiger partial charge in [-0.05, 0) is 30.8 Å². The quantitative estimate of drug-likeness (QED) is 0.327. The number of carbonyl (C=O) groups excluding carboxylic acids is 3. The van der Waals surface area contributed by atoms with Crippen molar-refractivity contribution in [2.45, 2.75) is 41.6 Å². The van der Waals surface area contributed by atoms with Crippen LogP contribution < -0.4 is 5.32 Å². The Hall–Kier alpha value is -1.10. The first-order valence-corrected chi connectivity index (χ1v) is 15.5. The number of fused-ring (bicyclic) bond motifs is 1. The molecule has 1 aromatic carbocycles. The minimum atomic E-state index is -2.13. The van der Waals surface area contributed by atoms with Crippen molar-refractivity contribution in [3.8, 4) is 0 Å². The Labute approximate surface area is 192 Å². The fourth-order valence-electron chi connectivity index (χ4n) is 3.13. The molecule has 1 saturated heterocycles. The summed E-state index contributed by atoms with van der Waals surface area (Å²) in [6, 6.07) is 8.70. The zero-order valence-corrected chi connectivity index (χ0v) is 21.3. The molecule has 1 N–H and O–H groups in total. The van der Waals surface area contributed by atoms with Crippen molar-refractivity contribution in [3.05, 3.63) is 47.2 Å². The summed E-state index contributed by atoms with van der Waals surface area (Å²) in [4.78, 5) is 39.6. The molecule has 6 nitrogen and oxygen atoms in total. The molecule has 2 aliphatic heterocycles. The SMILES string of the molecule is C[Si](C)(C)OC(=O)C1=C(CBr)C(Br)S[C@H]2[C@H](NC(=O)Cc3ccccc3)C(=O)N12. The topological polar surface area (TPSA) is 75.7 Å². The third kappa shape index (κ3) is 4.97. The van der Waals surface area contributed by atoms with Crippen LogP contribution in [-0.4, -0.2) is 51.9 Å². The maximum atomic E-state index is 12.9. The number of nitrogens with one attached hydrogen (secondary N) is 1. The summed E-state index contributed by atoms with van der Waals surface area (Å²) >= 11 is 8.51. The van der Waals surface area contributed by atoms with Gasteiger partial charge in [-0.15, -0.1) is 11.8 Å². The molecule has 1 fully saturated rings. The molecule has 2 aliphatic rings. The minimum absolute atomic E-state index is 0.158. The lowest BCUT2D eigenvalue weighted by Gasteiger charge is -2.51. The van der Waals surface area contributed by atoms with Crippen molar-refractivity contribution in [2.24, 2.45) is 0 Å². The Morgan fingerprint density at radius 2 is 1.90 bits per heavy atom. The molecule has 3 rings (SSSR count). The number of β-lactam (4-membered cyclic amide) rings is 1. The van der Waals surface area contributed by atoms with E-state index in [-0.39, 0.29) is 33.5 Å². The number of rotatable bonds is 6. The van der Waals surface area contributed by atoms with Gasteiger partial charge in [0.05, 0.1) is 10.6 Å². The summed E-state index contributed by atoms with van der Waals surface area (Å²) in [5.74, 6) is -0.984. The molecule has 0 aliphatic carbocycles. The first-order valence-electron chi connectivity index (χ1n) is 9.10. The fourth-order valence-corrected chi connectivity index (χ4v) is 7.34. The average molecular weight is 562 g/mol. The molecule has 0 aromatic heterocycles. The number of alkyl halides is 2. The van der Waals surface area contributed by atoms with Crippen molar-refractivity contribution in [2.75, 3.05) is 5.33 Å². The highest BCUT2D eigenvalue weighted by Gasteiger charge is 2.56. The van der Waals surface area contributed by atoms with Crippen LogP contribution in [0, 0.1) is 0 Å². The molecule has 3 atom stereocenters. The average Bonchev–Trinajstić information content (AvgIpc) is 2.64. The number of benzene rings is 1. The summed E-state index contributed by atoms with van der Waals surface area (Å²) in [6.45, 7) is 5.76. The van der Waals surface area contributed by atoms with Crippen molar-refractivity contribution in [1.82, 2.24) is 10.2 Å². The van der Waals surface area contributed by atoms with Crippen molar-refractivity contribution in [3.63, 3.8) is 0 Å². The van der Waals surface area contributed by atoms with Crippen LogP contribution in [0.1, 0.15) is 5.56 Å². The predicted octanol–water partition coefficient (Wildman–Crippen LogP) is 3.38.